The van der Waals surface area contributed by atoms with E-state index in [-0.39, 0.29) is 28.9 Å². The van der Waals surface area contributed by atoms with Gasteiger partial charge in [0.05, 0.1) is 4.90 Å². The Balaban J connectivity index is 1.62. The third kappa shape index (κ3) is 7.07. The minimum atomic E-state index is -3.78. The number of ether oxygens (including phenoxy) is 1. The average molecular weight is 516 g/mol. The number of anilines is 1. The number of para-hydroxylation sites is 1. The Hall–Kier alpha value is -2.91. The second kappa shape index (κ2) is 11.0. The predicted molar refractivity (Wildman–Crippen MR) is 141 cm³/mol. The van der Waals surface area contributed by atoms with Crippen LogP contribution < -0.4 is 10.0 Å². The summed E-state index contributed by atoms with van der Waals surface area (Å²) >= 11 is 0. The van der Waals surface area contributed by atoms with Gasteiger partial charge in [0, 0.05) is 30.4 Å². The van der Waals surface area contributed by atoms with Crippen molar-refractivity contribution in [3.05, 3.63) is 59.2 Å². The van der Waals surface area contributed by atoms with Gasteiger partial charge in [-0.1, -0.05) is 18.2 Å². The second-order valence-electron chi connectivity index (χ2n) is 10.5. The van der Waals surface area contributed by atoms with Crippen LogP contribution in [0, 0.1) is 19.8 Å². The van der Waals surface area contributed by atoms with E-state index in [1.54, 1.807) is 17.9 Å². The molecule has 2 amide bonds. The number of hydrogen-bond donors (Lipinski definition) is 2. The van der Waals surface area contributed by atoms with Gasteiger partial charge in [0.25, 0.3) is 5.91 Å². The number of aryl methyl sites for hydroxylation is 2. The molecule has 0 bridgehead atoms. The molecular formula is C27H37N3O5S. The molecule has 1 fully saturated rings. The van der Waals surface area contributed by atoms with E-state index in [0.717, 1.165) is 5.56 Å². The highest BCUT2D eigenvalue weighted by molar-refractivity contribution is 7.89. The van der Waals surface area contributed by atoms with Crippen molar-refractivity contribution in [3.63, 3.8) is 0 Å². The first-order valence-corrected chi connectivity index (χ1v) is 13.7. The molecule has 0 radical (unpaired) electrons. The lowest BCUT2D eigenvalue weighted by Gasteiger charge is -2.35. The molecule has 36 heavy (non-hydrogen) atoms. The third-order valence-electron chi connectivity index (χ3n) is 6.39. The van der Waals surface area contributed by atoms with Crippen molar-refractivity contribution in [2.45, 2.75) is 70.9 Å². The lowest BCUT2D eigenvalue weighted by Crippen LogP contribution is -2.46. The van der Waals surface area contributed by atoms with Crippen molar-refractivity contribution >= 4 is 27.7 Å². The van der Waals surface area contributed by atoms with E-state index in [4.69, 9.17) is 4.74 Å². The van der Waals surface area contributed by atoms with Gasteiger partial charge < -0.3 is 15.0 Å². The summed E-state index contributed by atoms with van der Waals surface area (Å²) in [4.78, 5) is 26.9. The number of nitrogens with zero attached hydrogens (tertiary/aromatic N) is 1. The first-order valence-electron chi connectivity index (χ1n) is 12.2. The van der Waals surface area contributed by atoms with Crippen LogP contribution in [0.1, 0.15) is 62.0 Å². The quantitative estimate of drug-likeness (QED) is 0.571. The molecular weight excluding hydrogens is 478 g/mol. The highest BCUT2D eigenvalue weighted by atomic mass is 32.2. The molecule has 1 aliphatic heterocycles. The Kier molecular flexibility index (Phi) is 8.46. The third-order valence-corrected chi connectivity index (χ3v) is 7.94. The molecule has 1 saturated heterocycles. The number of hydrogen-bond acceptors (Lipinski definition) is 5. The Morgan fingerprint density at radius 1 is 1.03 bits per heavy atom. The van der Waals surface area contributed by atoms with Crippen LogP contribution >= 0.6 is 0 Å². The molecule has 2 N–H and O–H groups in total. The van der Waals surface area contributed by atoms with Gasteiger partial charge in [0.1, 0.15) is 5.60 Å². The summed E-state index contributed by atoms with van der Waals surface area (Å²) in [6.07, 6.45) is 1.02. The molecule has 0 aromatic heterocycles. The maximum absolute atomic E-state index is 13.1. The van der Waals surface area contributed by atoms with Gasteiger partial charge in [-0.05, 0) is 95.7 Å². The zero-order valence-corrected chi connectivity index (χ0v) is 22.7. The molecule has 0 spiro atoms. The molecule has 2 aromatic rings. The molecule has 0 aliphatic carbocycles. The fraction of sp³-hybridized carbons (Fsp3) is 0.481. The van der Waals surface area contributed by atoms with Crippen molar-refractivity contribution in [1.82, 2.24) is 9.62 Å². The molecule has 2 aromatic carbocycles. The van der Waals surface area contributed by atoms with Gasteiger partial charge in [-0.3, -0.25) is 4.79 Å². The van der Waals surface area contributed by atoms with E-state index in [0.29, 0.717) is 42.7 Å². The first-order chi connectivity index (χ1) is 16.8. The van der Waals surface area contributed by atoms with Gasteiger partial charge >= 0.3 is 6.09 Å². The fourth-order valence-electron chi connectivity index (χ4n) is 4.28. The van der Waals surface area contributed by atoms with Crippen LogP contribution in [-0.2, 0) is 14.8 Å². The molecule has 8 nitrogen and oxygen atoms in total. The van der Waals surface area contributed by atoms with E-state index >= 15 is 0 Å². The molecule has 196 valence electrons. The summed E-state index contributed by atoms with van der Waals surface area (Å²) in [7, 11) is -3.78. The van der Waals surface area contributed by atoms with Crippen molar-refractivity contribution < 1.29 is 22.7 Å². The number of benzene rings is 2. The molecule has 1 heterocycles. The van der Waals surface area contributed by atoms with E-state index in [1.165, 1.54) is 12.1 Å². The normalized spacial score (nSPS) is 15.9. The van der Waals surface area contributed by atoms with Gasteiger partial charge in [0.15, 0.2) is 0 Å². The van der Waals surface area contributed by atoms with Gasteiger partial charge in [-0.2, -0.15) is 0 Å². The Labute approximate surface area is 214 Å². The van der Waals surface area contributed by atoms with Gasteiger partial charge in [-0.25, -0.2) is 17.9 Å². The maximum Gasteiger partial charge on any atom is 0.410 e. The van der Waals surface area contributed by atoms with Crippen molar-refractivity contribution in [1.29, 1.82) is 0 Å². The summed E-state index contributed by atoms with van der Waals surface area (Å²) in [5.41, 5.74) is 2.10. The Bertz CT molecular complexity index is 1210. The zero-order valence-electron chi connectivity index (χ0n) is 21.9. The van der Waals surface area contributed by atoms with Crippen LogP contribution in [0.15, 0.2) is 47.4 Å². The number of piperidine rings is 1. The van der Waals surface area contributed by atoms with Gasteiger partial charge in [-0.15, -0.1) is 0 Å². The number of nitrogens with one attached hydrogen (secondary N) is 2. The predicted octanol–water partition coefficient (Wildman–Crippen LogP) is 4.87. The summed E-state index contributed by atoms with van der Waals surface area (Å²) in [6, 6.07) is 11.7. The molecule has 1 atom stereocenters. The zero-order chi connectivity index (χ0) is 26.7. The standard InChI is InChI=1S/C27H37N3O5S/c1-18-9-7-8-10-24(18)28-25(31)23-12-11-22(17-19(23)2)36(33,34)29-20(3)21-13-15-30(16-14-21)26(32)35-27(4,5)6/h7-12,17,20-21,29H,13-16H2,1-6H3,(H,28,31)/t20-/m1/s1. The molecule has 9 heteroatoms. The van der Waals surface area contributed by atoms with E-state index < -0.39 is 15.6 Å². The number of carbonyl (C=O) groups excluding carboxylic acids is 2. The highest BCUT2D eigenvalue weighted by Crippen LogP contribution is 2.25. The Morgan fingerprint density at radius 3 is 2.25 bits per heavy atom. The van der Waals surface area contributed by atoms with Gasteiger partial charge in [0.2, 0.25) is 10.0 Å². The van der Waals surface area contributed by atoms with Crippen LogP contribution in [0.3, 0.4) is 0 Å². The lowest BCUT2D eigenvalue weighted by molar-refractivity contribution is 0.0174. The number of rotatable bonds is 6. The van der Waals surface area contributed by atoms with E-state index in [1.807, 2.05) is 58.9 Å². The minimum absolute atomic E-state index is 0.0960. The average Bonchev–Trinajstić information content (AvgIpc) is 2.79. The maximum atomic E-state index is 13.1. The van der Waals surface area contributed by atoms with Crippen LogP contribution in [0.2, 0.25) is 0 Å². The monoisotopic (exact) mass is 515 g/mol. The first kappa shape index (κ1) is 27.7. The van der Waals surface area contributed by atoms with Crippen molar-refractivity contribution in [2.24, 2.45) is 5.92 Å². The van der Waals surface area contributed by atoms with E-state index in [2.05, 4.69) is 10.0 Å². The number of amides is 2. The minimum Gasteiger partial charge on any atom is -0.444 e. The second-order valence-corrected chi connectivity index (χ2v) is 12.2. The van der Waals surface area contributed by atoms with Crippen LogP contribution in [0.5, 0.6) is 0 Å². The Morgan fingerprint density at radius 2 is 1.67 bits per heavy atom. The topological polar surface area (TPSA) is 105 Å². The number of sulfonamides is 1. The highest BCUT2D eigenvalue weighted by Gasteiger charge is 2.31. The summed E-state index contributed by atoms with van der Waals surface area (Å²) < 4.78 is 34.4. The number of likely N-dealkylation sites (tertiary alicyclic amines) is 1. The molecule has 1 aliphatic rings. The molecule has 3 rings (SSSR count). The lowest BCUT2D eigenvalue weighted by atomic mass is 9.91. The van der Waals surface area contributed by atoms with Crippen LogP contribution in [0.4, 0.5) is 10.5 Å². The van der Waals surface area contributed by atoms with Crippen LogP contribution in [-0.4, -0.2) is 50.1 Å². The molecule has 0 unspecified atom stereocenters. The van der Waals surface area contributed by atoms with Crippen molar-refractivity contribution in [2.75, 3.05) is 18.4 Å². The fourth-order valence-corrected chi connectivity index (χ4v) is 5.68. The number of carbonyl (C=O) groups is 2. The SMILES string of the molecule is Cc1ccccc1NC(=O)c1ccc(S(=O)(=O)N[C@H](C)C2CCN(C(=O)OC(C)(C)C)CC2)cc1C. The largest absolute Gasteiger partial charge is 0.444 e. The summed E-state index contributed by atoms with van der Waals surface area (Å²) in [6.45, 7) is 12.0. The smallest absolute Gasteiger partial charge is 0.410 e. The van der Waals surface area contributed by atoms with Crippen LogP contribution in [0.25, 0.3) is 0 Å². The summed E-state index contributed by atoms with van der Waals surface area (Å²) in [5.74, 6) is -0.192. The summed E-state index contributed by atoms with van der Waals surface area (Å²) in [5, 5.41) is 2.88. The molecule has 0 saturated carbocycles. The van der Waals surface area contributed by atoms with Crippen molar-refractivity contribution in [3.8, 4) is 0 Å². The van der Waals surface area contributed by atoms with E-state index in [9.17, 15) is 18.0 Å².